The monoisotopic (exact) mass is 380 g/mol. The number of rotatable bonds is 4. The summed E-state index contributed by atoms with van der Waals surface area (Å²) in [7, 11) is 1.26. The quantitative estimate of drug-likeness (QED) is 0.630. The maximum atomic E-state index is 12.1. The molecule has 0 aliphatic heterocycles. The minimum Gasteiger partial charge on any atom is -0.465 e. The van der Waals surface area contributed by atoms with Crippen molar-refractivity contribution in [3.05, 3.63) is 50.9 Å². The Hall–Kier alpha value is -2.38. The van der Waals surface area contributed by atoms with Crippen molar-refractivity contribution in [1.29, 1.82) is 0 Å². The molecule has 0 radical (unpaired) electrons. The lowest BCUT2D eigenvalue weighted by Crippen LogP contribution is -2.35. The van der Waals surface area contributed by atoms with E-state index in [4.69, 9.17) is 16.3 Å². The molecular formula is C17H17ClN2O4S. The number of hydrogen-bond donors (Lipinski definition) is 2. The Balaban J connectivity index is 2.07. The first-order valence-corrected chi connectivity index (χ1v) is 8.55. The molecule has 0 saturated heterocycles. The van der Waals surface area contributed by atoms with Gasteiger partial charge in [-0.25, -0.2) is 4.79 Å². The van der Waals surface area contributed by atoms with E-state index in [0.717, 1.165) is 4.88 Å². The molecule has 0 spiro atoms. The molecule has 25 heavy (non-hydrogen) atoms. The van der Waals surface area contributed by atoms with Gasteiger partial charge < -0.3 is 15.4 Å². The normalized spacial score (nSPS) is 10.2. The van der Waals surface area contributed by atoms with Gasteiger partial charge in [0.15, 0.2) is 0 Å². The highest BCUT2D eigenvalue weighted by Crippen LogP contribution is 2.32. The van der Waals surface area contributed by atoms with Crippen LogP contribution < -0.4 is 10.6 Å². The molecule has 1 heterocycles. The molecule has 0 aliphatic rings. The highest BCUT2D eigenvalue weighted by molar-refractivity contribution is 7.17. The average Bonchev–Trinajstić information content (AvgIpc) is 2.87. The van der Waals surface area contributed by atoms with Gasteiger partial charge in [-0.2, -0.15) is 0 Å². The fourth-order valence-electron chi connectivity index (χ4n) is 2.12. The van der Waals surface area contributed by atoms with Gasteiger partial charge in [0.05, 0.1) is 12.7 Å². The van der Waals surface area contributed by atoms with Crippen LogP contribution in [0.2, 0.25) is 5.02 Å². The van der Waals surface area contributed by atoms with Gasteiger partial charge in [0.2, 0.25) is 0 Å². The van der Waals surface area contributed by atoms with E-state index < -0.39 is 17.8 Å². The van der Waals surface area contributed by atoms with Crippen molar-refractivity contribution in [2.45, 2.75) is 20.4 Å². The van der Waals surface area contributed by atoms with Crippen LogP contribution in [0.15, 0.2) is 24.3 Å². The lowest BCUT2D eigenvalue weighted by molar-refractivity contribution is -0.136. The number of halogens is 1. The molecule has 0 fully saturated rings. The molecule has 6 nitrogen and oxygen atoms in total. The Bertz CT molecular complexity index is 832. The van der Waals surface area contributed by atoms with E-state index in [2.05, 4.69) is 10.6 Å². The molecule has 1 aromatic heterocycles. The second-order valence-corrected chi connectivity index (χ2v) is 6.84. The highest BCUT2D eigenvalue weighted by Gasteiger charge is 2.23. The van der Waals surface area contributed by atoms with Crippen molar-refractivity contribution in [3.63, 3.8) is 0 Å². The smallest absolute Gasteiger partial charge is 0.341 e. The zero-order chi connectivity index (χ0) is 18.6. The number of methoxy groups -OCH3 is 1. The van der Waals surface area contributed by atoms with Gasteiger partial charge in [-0.15, -0.1) is 11.3 Å². The van der Waals surface area contributed by atoms with Gasteiger partial charge in [-0.05, 0) is 31.0 Å². The topological polar surface area (TPSA) is 84.5 Å². The summed E-state index contributed by atoms with van der Waals surface area (Å²) in [5, 5.41) is 5.76. The number of carbonyl (C=O) groups is 3. The molecule has 132 valence electrons. The average molecular weight is 381 g/mol. The summed E-state index contributed by atoms with van der Waals surface area (Å²) in [6.07, 6.45) is 0. The summed E-state index contributed by atoms with van der Waals surface area (Å²) in [4.78, 5) is 36.8. The first-order chi connectivity index (χ1) is 11.8. The van der Waals surface area contributed by atoms with E-state index >= 15 is 0 Å². The largest absolute Gasteiger partial charge is 0.465 e. The van der Waals surface area contributed by atoms with Crippen molar-refractivity contribution in [2.24, 2.45) is 0 Å². The highest BCUT2D eigenvalue weighted by atomic mass is 35.5. The standard InChI is InChI=1S/C17H17ClN2O4S/c1-9-10(2)25-16(13(9)17(23)24-3)20-15(22)14(21)19-8-11-6-4-5-7-12(11)18/h4-7H,8H2,1-3H3,(H,19,21)(H,20,22). The van der Waals surface area contributed by atoms with Crippen LogP contribution in [0.4, 0.5) is 5.00 Å². The summed E-state index contributed by atoms with van der Waals surface area (Å²) < 4.78 is 4.73. The Labute approximate surface area is 154 Å². The van der Waals surface area contributed by atoms with Crippen LogP contribution in [0.5, 0.6) is 0 Å². The maximum absolute atomic E-state index is 12.1. The number of anilines is 1. The fourth-order valence-corrected chi connectivity index (χ4v) is 3.37. The molecule has 0 atom stereocenters. The second kappa shape index (κ2) is 8.13. The number of carbonyl (C=O) groups excluding carboxylic acids is 3. The molecule has 1 aromatic carbocycles. The fraction of sp³-hybridized carbons (Fsp3) is 0.235. The van der Waals surface area contributed by atoms with Gasteiger partial charge in [0.25, 0.3) is 0 Å². The van der Waals surface area contributed by atoms with Crippen molar-refractivity contribution in [1.82, 2.24) is 5.32 Å². The third kappa shape index (κ3) is 4.37. The predicted molar refractivity (Wildman–Crippen MR) is 97.1 cm³/mol. The van der Waals surface area contributed by atoms with E-state index in [9.17, 15) is 14.4 Å². The van der Waals surface area contributed by atoms with Gasteiger partial charge in [0.1, 0.15) is 5.00 Å². The van der Waals surface area contributed by atoms with Crippen molar-refractivity contribution < 1.29 is 19.1 Å². The van der Waals surface area contributed by atoms with Crippen LogP contribution in [0, 0.1) is 13.8 Å². The number of thiophene rings is 1. The van der Waals surface area contributed by atoms with Gasteiger partial charge in [0, 0.05) is 16.4 Å². The number of nitrogens with one attached hydrogen (secondary N) is 2. The lowest BCUT2D eigenvalue weighted by Gasteiger charge is -2.08. The number of benzene rings is 1. The Kier molecular flexibility index (Phi) is 6.17. The molecule has 8 heteroatoms. The molecule has 2 rings (SSSR count). The SMILES string of the molecule is COC(=O)c1c(NC(=O)C(=O)NCc2ccccc2Cl)sc(C)c1C. The Morgan fingerprint density at radius 2 is 1.84 bits per heavy atom. The maximum Gasteiger partial charge on any atom is 0.341 e. The molecule has 2 amide bonds. The first kappa shape index (κ1) is 19.0. The minimum absolute atomic E-state index is 0.123. The van der Waals surface area contributed by atoms with Crippen molar-refractivity contribution in [3.8, 4) is 0 Å². The molecular weight excluding hydrogens is 364 g/mol. The predicted octanol–water partition coefficient (Wildman–Crippen LogP) is 3.06. The summed E-state index contributed by atoms with van der Waals surface area (Å²) in [6.45, 7) is 3.70. The number of ether oxygens (including phenoxy) is 1. The molecule has 0 aliphatic carbocycles. The van der Waals surface area contributed by atoms with Gasteiger partial charge >= 0.3 is 17.8 Å². The van der Waals surface area contributed by atoms with Crippen molar-refractivity contribution >= 4 is 45.7 Å². The Morgan fingerprint density at radius 3 is 2.48 bits per heavy atom. The molecule has 0 bridgehead atoms. The van der Waals surface area contributed by atoms with Crippen LogP contribution in [0.1, 0.15) is 26.4 Å². The van der Waals surface area contributed by atoms with E-state index in [-0.39, 0.29) is 12.1 Å². The Morgan fingerprint density at radius 1 is 1.16 bits per heavy atom. The zero-order valence-corrected chi connectivity index (χ0v) is 15.5. The van der Waals surface area contributed by atoms with Crippen LogP contribution in [0.3, 0.4) is 0 Å². The summed E-state index contributed by atoms with van der Waals surface area (Å²) in [5.74, 6) is -2.24. The van der Waals surface area contributed by atoms with E-state index in [1.807, 2.05) is 6.92 Å². The zero-order valence-electron chi connectivity index (χ0n) is 13.9. The first-order valence-electron chi connectivity index (χ1n) is 7.36. The molecule has 2 N–H and O–H groups in total. The number of amides is 2. The van der Waals surface area contributed by atoms with E-state index in [1.165, 1.54) is 18.4 Å². The summed E-state index contributed by atoms with van der Waals surface area (Å²) >= 11 is 7.22. The third-order valence-electron chi connectivity index (χ3n) is 3.61. The van der Waals surface area contributed by atoms with Crippen molar-refractivity contribution in [2.75, 3.05) is 12.4 Å². The van der Waals surface area contributed by atoms with Gasteiger partial charge in [-0.1, -0.05) is 29.8 Å². The summed E-state index contributed by atoms with van der Waals surface area (Å²) in [5.41, 5.74) is 1.67. The van der Waals surface area contributed by atoms with E-state index in [0.29, 0.717) is 21.2 Å². The summed E-state index contributed by atoms with van der Waals surface area (Å²) in [6, 6.07) is 7.01. The van der Waals surface area contributed by atoms with E-state index in [1.54, 1.807) is 31.2 Å². The van der Waals surface area contributed by atoms with Crippen LogP contribution >= 0.6 is 22.9 Å². The molecule has 0 saturated carbocycles. The number of hydrogen-bond acceptors (Lipinski definition) is 5. The third-order valence-corrected chi connectivity index (χ3v) is 5.10. The molecule has 0 unspecified atom stereocenters. The van der Waals surface area contributed by atoms with Crippen LogP contribution in [-0.4, -0.2) is 24.9 Å². The number of esters is 1. The second-order valence-electron chi connectivity index (χ2n) is 5.21. The van der Waals surface area contributed by atoms with Crippen LogP contribution in [-0.2, 0) is 20.9 Å². The van der Waals surface area contributed by atoms with Crippen LogP contribution in [0.25, 0.3) is 0 Å². The minimum atomic E-state index is -0.863. The lowest BCUT2D eigenvalue weighted by atomic mass is 10.1. The van der Waals surface area contributed by atoms with Gasteiger partial charge in [-0.3, -0.25) is 9.59 Å². The molecule has 2 aromatic rings. The number of aryl methyl sites for hydroxylation is 1.